The molecule has 1 aliphatic rings. The Hall–Kier alpha value is -0.860. The predicted octanol–water partition coefficient (Wildman–Crippen LogP) is 3.34. The van der Waals surface area contributed by atoms with Crippen molar-refractivity contribution in [1.82, 2.24) is 0 Å². The van der Waals surface area contributed by atoms with Gasteiger partial charge in [0.15, 0.2) is 0 Å². The minimum absolute atomic E-state index is 0.121. The summed E-state index contributed by atoms with van der Waals surface area (Å²) in [6.45, 7) is 8.47. The average Bonchev–Trinajstić information content (AvgIpc) is 2.63. The van der Waals surface area contributed by atoms with E-state index in [1.54, 1.807) is 0 Å². The van der Waals surface area contributed by atoms with Gasteiger partial charge in [-0.2, -0.15) is 0 Å². The van der Waals surface area contributed by atoms with Gasteiger partial charge in [0.1, 0.15) is 0 Å². The smallest absolute Gasteiger partial charge is 0.0846 e. The highest BCUT2D eigenvalue weighted by molar-refractivity contribution is 5.25. The van der Waals surface area contributed by atoms with Crippen molar-refractivity contribution in [2.24, 2.45) is 11.8 Å². The summed E-state index contributed by atoms with van der Waals surface area (Å²) in [5.41, 5.74) is 2.32. The van der Waals surface area contributed by atoms with Gasteiger partial charge in [-0.25, -0.2) is 0 Å². The van der Waals surface area contributed by atoms with E-state index in [-0.39, 0.29) is 18.1 Å². The minimum Gasteiger partial charge on any atom is -0.388 e. The summed E-state index contributed by atoms with van der Waals surface area (Å²) in [5, 5.41) is 10.6. The first-order valence-electron chi connectivity index (χ1n) is 6.97. The normalized spacial score (nSPS) is 33.6. The van der Waals surface area contributed by atoms with E-state index in [0.717, 1.165) is 12.0 Å². The zero-order chi connectivity index (χ0) is 13.3. The van der Waals surface area contributed by atoms with Crippen LogP contribution < -0.4 is 0 Å². The number of rotatable bonds is 3. The highest BCUT2D eigenvalue weighted by Crippen LogP contribution is 2.40. The molecule has 0 saturated carbocycles. The quantitative estimate of drug-likeness (QED) is 0.889. The second-order valence-electron chi connectivity index (χ2n) is 5.52. The molecule has 2 nitrogen and oxygen atoms in total. The third-order valence-electron chi connectivity index (χ3n) is 4.41. The van der Waals surface area contributed by atoms with Crippen LogP contribution in [0.15, 0.2) is 24.3 Å². The molecular weight excluding hydrogens is 224 g/mol. The topological polar surface area (TPSA) is 29.5 Å². The third kappa shape index (κ3) is 2.45. The Morgan fingerprint density at radius 3 is 2.17 bits per heavy atom. The zero-order valence-electron chi connectivity index (χ0n) is 11.8. The second kappa shape index (κ2) is 5.41. The zero-order valence-corrected chi connectivity index (χ0v) is 11.8. The average molecular weight is 248 g/mol. The monoisotopic (exact) mass is 248 g/mol. The minimum atomic E-state index is -0.425. The van der Waals surface area contributed by atoms with Gasteiger partial charge in [0.25, 0.3) is 0 Å². The van der Waals surface area contributed by atoms with Crippen molar-refractivity contribution in [2.45, 2.75) is 52.4 Å². The van der Waals surface area contributed by atoms with E-state index >= 15 is 0 Å². The van der Waals surface area contributed by atoms with Gasteiger partial charge in [-0.05, 0) is 37.3 Å². The summed E-state index contributed by atoms with van der Waals surface area (Å²) in [4.78, 5) is 0. The van der Waals surface area contributed by atoms with Gasteiger partial charge in [-0.1, -0.05) is 38.1 Å². The lowest BCUT2D eigenvalue weighted by Gasteiger charge is -2.25. The first kappa shape index (κ1) is 13.6. The molecule has 100 valence electrons. The van der Waals surface area contributed by atoms with Gasteiger partial charge in [-0.3, -0.25) is 0 Å². The third-order valence-corrected chi connectivity index (χ3v) is 4.41. The van der Waals surface area contributed by atoms with Crippen LogP contribution in [0.3, 0.4) is 0 Å². The Bertz CT molecular complexity index is 385. The van der Waals surface area contributed by atoms with Gasteiger partial charge >= 0.3 is 0 Å². The number of hydrogen-bond acceptors (Lipinski definition) is 2. The molecule has 0 radical (unpaired) electrons. The van der Waals surface area contributed by atoms with Crippen LogP contribution in [0.4, 0.5) is 0 Å². The molecule has 5 atom stereocenters. The molecule has 1 aliphatic heterocycles. The molecular formula is C16H24O2. The van der Waals surface area contributed by atoms with Gasteiger partial charge < -0.3 is 9.84 Å². The van der Waals surface area contributed by atoms with Crippen LogP contribution in [-0.4, -0.2) is 17.3 Å². The van der Waals surface area contributed by atoms with E-state index in [4.69, 9.17) is 4.74 Å². The molecule has 1 fully saturated rings. The molecule has 0 bridgehead atoms. The summed E-state index contributed by atoms with van der Waals surface area (Å²) in [6.07, 6.45) is 0.962. The van der Waals surface area contributed by atoms with Crippen molar-refractivity contribution < 1.29 is 9.84 Å². The molecule has 2 heteroatoms. The highest BCUT2D eigenvalue weighted by Gasteiger charge is 2.41. The number of ether oxygens (including phenoxy) is 1. The van der Waals surface area contributed by atoms with Gasteiger partial charge in [0.2, 0.25) is 0 Å². The lowest BCUT2D eigenvalue weighted by Crippen LogP contribution is -2.24. The molecule has 1 aromatic carbocycles. The van der Waals surface area contributed by atoms with Crippen molar-refractivity contribution in [3.8, 4) is 0 Å². The Morgan fingerprint density at radius 2 is 1.72 bits per heavy atom. The van der Waals surface area contributed by atoms with E-state index in [2.05, 4.69) is 39.8 Å². The van der Waals surface area contributed by atoms with Crippen LogP contribution >= 0.6 is 0 Å². The van der Waals surface area contributed by atoms with Crippen molar-refractivity contribution in [2.75, 3.05) is 0 Å². The summed E-state index contributed by atoms with van der Waals surface area (Å²) in [5.74, 6) is 0.577. The maximum Gasteiger partial charge on any atom is 0.0846 e. The fraction of sp³-hybridized carbons (Fsp3) is 0.625. The van der Waals surface area contributed by atoms with Crippen molar-refractivity contribution in [1.29, 1.82) is 0 Å². The maximum absolute atomic E-state index is 10.6. The predicted molar refractivity (Wildman–Crippen MR) is 73.4 cm³/mol. The summed E-state index contributed by atoms with van der Waals surface area (Å²) >= 11 is 0. The first-order chi connectivity index (χ1) is 8.54. The highest BCUT2D eigenvalue weighted by atomic mass is 16.5. The van der Waals surface area contributed by atoms with E-state index < -0.39 is 6.10 Å². The van der Waals surface area contributed by atoms with Crippen LogP contribution in [0.1, 0.15) is 44.9 Å². The molecule has 0 aliphatic carbocycles. The number of hydrogen-bond donors (Lipinski definition) is 1. The van der Waals surface area contributed by atoms with E-state index in [1.165, 1.54) is 5.56 Å². The Morgan fingerprint density at radius 1 is 1.11 bits per heavy atom. The molecule has 1 aromatic rings. The summed E-state index contributed by atoms with van der Waals surface area (Å²) in [6, 6.07) is 8.30. The molecule has 1 heterocycles. The molecule has 0 amide bonds. The van der Waals surface area contributed by atoms with E-state index in [9.17, 15) is 5.11 Å². The van der Waals surface area contributed by atoms with Crippen LogP contribution in [0.2, 0.25) is 0 Å². The number of aliphatic hydroxyl groups is 1. The van der Waals surface area contributed by atoms with Gasteiger partial charge in [0, 0.05) is 5.92 Å². The second-order valence-corrected chi connectivity index (χ2v) is 5.52. The lowest BCUT2D eigenvalue weighted by molar-refractivity contribution is 0.0231. The van der Waals surface area contributed by atoms with Gasteiger partial charge in [0.05, 0.1) is 18.3 Å². The molecule has 2 rings (SSSR count). The summed E-state index contributed by atoms with van der Waals surface area (Å²) < 4.78 is 5.81. The maximum atomic E-state index is 10.6. The van der Waals surface area contributed by atoms with Crippen LogP contribution in [0.5, 0.6) is 0 Å². The molecule has 1 N–H and O–H groups in total. The van der Waals surface area contributed by atoms with Crippen LogP contribution in [0.25, 0.3) is 0 Å². The number of aryl methyl sites for hydroxylation is 1. The summed E-state index contributed by atoms with van der Waals surface area (Å²) in [7, 11) is 0. The van der Waals surface area contributed by atoms with E-state index in [1.807, 2.05) is 12.1 Å². The molecule has 5 unspecified atom stereocenters. The molecule has 1 saturated heterocycles. The van der Waals surface area contributed by atoms with Gasteiger partial charge in [-0.15, -0.1) is 0 Å². The first-order valence-corrected chi connectivity index (χ1v) is 6.97. The fourth-order valence-corrected chi connectivity index (χ4v) is 3.01. The number of benzene rings is 1. The van der Waals surface area contributed by atoms with Crippen molar-refractivity contribution in [3.05, 3.63) is 35.4 Å². The molecule has 0 aromatic heterocycles. The van der Waals surface area contributed by atoms with Crippen molar-refractivity contribution in [3.63, 3.8) is 0 Å². The lowest BCUT2D eigenvalue weighted by atomic mass is 9.82. The largest absolute Gasteiger partial charge is 0.388 e. The SMILES string of the molecule is CCc1ccc(C(O)C2C(C)OC(C)C2C)cc1. The Kier molecular flexibility index (Phi) is 4.08. The molecule has 0 spiro atoms. The van der Waals surface area contributed by atoms with E-state index in [0.29, 0.717) is 5.92 Å². The van der Waals surface area contributed by atoms with Crippen molar-refractivity contribution >= 4 is 0 Å². The fourth-order valence-electron chi connectivity index (χ4n) is 3.01. The number of aliphatic hydroxyl groups excluding tert-OH is 1. The Balaban J connectivity index is 2.17. The Labute approximate surface area is 110 Å². The standard InChI is InChI=1S/C16H24O2/c1-5-13-6-8-14(9-7-13)16(17)15-10(2)11(3)18-12(15)4/h6-12,15-17H,5H2,1-4H3. The van der Waals surface area contributed by atoms with Crippen LogP contribution in [-0.2, 0) is 11.2 Å². The molecule has 18 heavy (non-hydrogen) atoms. The van der Waals surface area contributed by atoms with Crippen LogP contribution in [0, 0.1) is 11.8 Å².